The van der Waals surface area contributed by atoms with E-state index in [1.807, 2.05) is 18.2 Å². The lowest BCUT2D eigenvalue weighted by Crippen LogP contribution is -2.49. The minimum Gasteiger partial charge on any atom is -0.342 e. The summed E-state index contributed by atoms with van der Waals surface area (Å²) in [7, 11) is 0. The van der Waals surface area contributed by atoms with E-state index in [0.717, 1.165) is 75.6 Å². The monoisotopic (exact) mass is 355 g/mol. The van der Waals surface area contributed by atoms with Gasteiger partial charge in [0.1, 0.15) is 0 Å². The van der Waals surface area contributed by atoms with Crippen LogP contribution in [0.3, 0.4) is 0 Å². The highest BCUT2D eigenvalue weighted by molar-refractivity contribution is 5.78. The Kier molecular flexibility index (Phi) is 5.11. The second-order valence-electron chi connectivity index (χ2n) is 7.53. The second kappa shape index (κ2) is 7.66. The van der Waals surface area contributed by atoms with Gasteiger partial charge in [-0.15, -0.1) is 0 Å². The molecule has 1 amide bonds. The number of piperazine rings is 1. The van der Waals surface area contributed by atoms with Crippen molar-refractivity contribution in [3.8, 4) is 0 Å². The number of fused-ring (bicyclic) bond motifs is 1. The topological polar surface area (TPSA) is 55.5 Å². The van der Waals surface area contributed by atoms with Gasteiger partial charge < -0.3 is 19.7 Å². The van der Waals surface area contributed by atoms with Gasteiger partial charge in [0.15, 0.2) is 0 Å². The number of rotatable bonds is 4. The number of carbonyl (C=O) groups excluding carboxylic acids is 1. The summed E-state index contributed by atoms with van der Waals surface area (Å²) in [5.41, 5.74) is 2.11. The zero-order chi connectivity index (χ0) is 17.9. The van der Waals surface area contributed by atoms with E-state index in [2.05, 4.69) is 32.7 Å². The molecule has 26 heavy (non-hydrogen) atoms. The Morgan fingerprint density at radius 3 is 2.54 bits per heavy atom. The maximum atomic E-state index is 12.6. The standard InChI is InChI=1S/C20H29N5O/c1-2-23-11-13-24(14-12-23)19(26)15-16-7-9-25(10-8-16)20-21-17-5-3-4-6-18(17)22-20/h3-6,16H,2,7-15H2,1H3,(H,21,22). The molecule has 2 aliphatic heterocycles. The lowest BCUT2D eigenvalue weighted by molar-refractivity contribution is -0.134. The highest BCUT2D eigenvalue weighted by Crippen LogP contribution is 2.26. The molecular weight excluding hydrogens is 326 g/mol. The molecule has 2 aromatic rings. The third-order valence-corrected chi connectivity index (χ3v) is 5.93. The molecule has 140 valence electrons. The number of amides is 1. The molecule has 3 heterocycles. The van der Waals surface area contributed by atoms with E-state index in [4.69, 9.17) is 4.98 Å². The fourth-order valence-electron chi connectivity index (χ4n) is 4.13. The third-order valence-electron chi connectivity index (χ3n) is 5.93. The number of aromatic amines is 1. The number of hydrogen-bond acceptors (Lipinski definition) is 4. The summed E-state index contributed by atoms with van der Waals surface area (Å²) >= 11 is 0. The van der Waals surface area contributed by atoms with Crippen LogP contribution in [-0.4, -0.2) is 71.5 Å². The number of carbonyl (C=O) groups is 1. The van der Waals surface area contributed by atoms with Crippen molar-refractivity contribution in [2.45, 2.75) is 26.2 Å². The van der Waals surface area contributed by atoms with Crippen LogP contribution >= 0.6 is 0 Å². The second-order valence-corrected chi connectivity index (χ2v) is 7.53. The van der Waals surface area contributed by atoms with Crippen LogP contribution in [0.4, 0.5) is 5.95 Å². The first kappa shape index (κ1) is 17.3. The lowest BCUT2D eigenvalue weighted by atomic mass is 9.93. The van der Waals surface area contributed by atoms with Gasteiger partial charge in [0.25, 0.3) is 0 Å². The molecule has 0 radical (unpaired) electrons. The van der Waals surface area contributed by atoms with E-state index in [-0.39, 0.29) is 0 Å². The Bertz CT molecular complexity index is 708. The predicted octanol–water partition coefficient (Wildman–Crippen LogP) is 2.33. The SMILES string of the molecule is CCN1CCN(C(=O)CC2CCN(c3nc4ccccc4[nH]3)CC2)CC1. The van der Waals surface area contributed by atoms with Gasteiger partial charge in [0.2, 0.25) is 11.9 Å². The summed E-state index contributed by atoms with van der Waals surface area (Å²) in [6.45, 7) is 9.05. The fourth-order valence-corrected chi connectivity index (χ4v) is 4.13. The van der Waals surface area contributed by atoms with E-state index in [1.54, 1.807) is 0 Å². The first-order valence-corrected chi connectivity index (χ1v) is 9.92. The van der Waals surface area contributed by atoms with E-state index in [1.165, 1.54) is 0 Å². The van der Waals surface area contributed by atoms with Gasteiger partial charge >= 0.3 is 0 Å². The number of likely N-dealkylation sites (N-methyl/N-ethyl adjacent to an activating group) is 1. The number of H-pyrrole nitrogens is 1. The van der Waals surface area contributed by atoms with Crippen molar-refractivity contribution in [3.05, 3.63) is 24.3 Å². The van der Waals surface area contributed by atoms with Gasteiger partial charge in [-0.25, -0.2) is 4.98 Å². The Hall–Kier alpha value is -2.08. The van der Waals surface area contributed by atoms with E-state index >= 15 is 0 Å². The Morgan fingerprint density at radius 2 is 1.85 bits per heavy atom. The quantitative estimate of drug-likeness (QED) is 0.915. The lowest BCUT2D eigenvalue weighted by Gasteiger charge is -2.36. The molecule has 0 atom stereocenters. The number of imidazole rings is 1. The Balaban J connectivity index is 1.27. The van der Waals surface area contributed by atoms with Gasteiger partial charge in [-0.2, -0.15) is 0 Å². The number of para-hydroxylation sites is 2. The summed E-state index contributed by atoms with van der Waals surface area (Å²) in [6.07, 6.45) is 2.84. The number of anilines is 1. The van der Waals surface area contributed by atoms with Crippen LogP contribution in [0.5, 0.6) is 0 Å². The van der Waals surface area contributed by atoms with Crippen LogP contribution in [0.15, 0.2) is 24.3 Å². The summed E-state index contributed by atoms with van der Waals surface area (Å²) in [4.78, 5) is 27.5. The van der Waals surface area contributed by atoms with Crippen molar-refractivity contribution in [3.63, 3.8) is 0 Å². The molecule has 2 saturated heterocycles. The first-order chi connectivity index (χ1) is 12.7. The molecule has 0 spiro atoms. The van der Waals surface area contributed by atoms with Crippen LogP contribution in [0, 0.1) is 5.92 Å². The van der Waals surface area contributed by atoms with E-state index in [9.17, 15) is 4.79 Å². The third kappa shape index (κ3) is 3.70. The fraction of sp³-hybridized carbons (Fsp3) is 0.600. The normalized spacial score (nSPS) is 20.0. The molecule has 1 aromatic carbocycles. The van der Waals surface area contributed by atoms with Gasteiger partial charge in [0, 0.05) is 45.7 Å². The molecule has 0 unspecified atom stereocenters. The minimum absolute atomic E-state index is 0.350. The number of aromatic nitrogens is 2. The highest BCUT2D eigenvalue weighted by Gasteiger charge is 2.26. The molecule has 1 aromatic heterocycles. The summed E-state index contributed by atoms with van der Waals surface area (Å²) in [6, 6.07) is 8.15. The van der Waals surface area contributed by atoms with Crippen molar-refractivity contribution in [1.82, 2.24) is 19.8 Å². The van der Waals surface area contributed by atoms with Crippen molar-refractivity contribution in [1.29, 1.82) is 0 Å². The van der Waals surface area contributed by atoms with Crippen LogP contribution in [-0.2, 0) is 4.79 Å². The Morgan fingerprint density at radius 1 is 1.12 bits per heavy atom. The maximum absolute atomic E-state index is 12.6. The molecule has 1 N–H and O–H groups in total. The molecule has 2 aliphatic rings. The number of nitrogens with one attached hydrogen (secondary N) is 1. The van der Waals surface area contributed by atoms with Gasteiger partial charge in [-0.3, -0.25) is 4.79 Å². The van der Waals surface area contributed by atoms with Crippen molar-refractivity contribution >= 4 is 22.9 Å². The van der Waals surface area contributed by atoms with E-state index < -0.39 is 0 Å². The molecular formula is C20H29N5O. The first-order valence-electron chi connectivity index (χ1n) is 9.92. The van der Waals surface area contributed by atoms with Crippen LogP contribution in [0.2, 0.25) is 0 Å². The zero-order valence-corrected chi connectivity index (χ0v) is 15.7. The van der Waals surface area contributed by atoms with Gasteiger partial charge in [0.05, 0.1) is 11.0 Å². The number of nitrogens with zero attached hydrogens (tertiary/aromatic N) is 4. The van der Waals surface area contributed by atoms with Crippen molar-refractivity contribution in [2.75, 3.05) is 50.7 Å². The summed E-state index contributed by atoms with van der Waals surface area (Å²) in [5.74, 6) is 1.82. The van der Waals surface area contributed by atoms with Crippen LogP contribution in [0.25, 0.3) is 11.0 Å². The van der Waals surface area contributed by atoms with Crippen molar-refractivity contribution < 1.29 is 4.79 Å². The predicted molar refractivity (Wildman–Crippen MR) is 104 cm³/mol. The van der Waals surface area contributed by atoms with Gasteiger partial charge in [-0.05, 0) is 37.4 Å². The smallest absolute Gasteiger partial charge is 0.222 e. The number of benzene rings is 1. The van der Waals surface area contributed by atoms with Crippen LogP contribution in [0.1, 0.15) is 26.2 Å². The average Bonchev–Trinajstić information content (AvgIpc) is 3.13. The zero-order valence-electron chi connectivity index (χ0n) is 15.7. The largest absolute Gasteiger partial charge is 0.342 e. The molecule has 0 aliphatic carbocycles. The molecule has 0 saturated carbocycles. The highest BCUT2D eigenvalue weighted by atomic mass is 16.2. The van der Waals surface area contributed by atoms with Crippen LogP contribution < -0.4 is 4.90 Å². The summed E-state index contributed by atoms with van der Waals surface area (Å²) < 4.78 is 0. The molecule has 6 heteroatoms. The van der Waals surface area contributed by atoms with Gasteiger partial charge in [-0.1, -0.05) is 19.1 Å². The maximum Gasteiger partial charge on any atom is 0.222 e. The van der Waals surface area contributed by atoms with Crippen molar-refractivity contribution in [2.24, 2.45) is 5.92 Å². The molecule has 4 rings (SSSR count). The number of piperidine rings is 1. The molecule has 0 bridgehead atoms. The average molecular weight is 355 g/mol. The summed E-state index contributed by atoms with van der Waals surface area (Å²) in [5, 5.41) is 0. The van der Waals surface area contributed by atoms with E-state index in [0.29, 0.717) is 18.2 Å². The molecule has 6 nitrogen and oxygen atoms in total. The minimum atomic E-state index is 0.350. The molecule has 2 fully saturated rings. The Labute approximate surface area is 155 Å². The number of hydrogen-bond donors (Lipinski definition) is 1.